The van der Waals surface area contributed by atoms with Crippen molar-refractivity contribution in [2.45, 2.75) is 44.2 Å². The predicted molar refractivity (Wildman–Crippen MR) is 62.1 cm³/mol. The molecule has 2 rings (SSSR count). The first-order valence-corrected chi connectivity index (χ1v) is 7.11. The van der Waals surface area contributed by atoms with E-state index in [0.717, 1.165) is 12.8 Å². The summed E-state index contributed by atoms with van der Waals surface area (Å²) in [6, 6.07) is 0.0833. The molecule has 1 aromatic heterocycles. The van der Waals surface area contributed by atoms with Gasteiger partial charge in [-0.15, -0.1) is 0 Å². The van der Waals surface area contributed by atoms with Gasteiger partial charge in [-0.1, -0.05) is 0 Å². The molecule has 0 amide bonds. The maximum Gasteiger partial charge on any atom is 0.244 e. The summed E-state index contributed by atoms with van der Waals surface area (Å²) in [6.45, 7) is 3.63. The third kappa shape index (κ3) is 2.51. The molecule has 6 nitrogen and oxygen atoms in total. The summed E-state index contributed by atoms with van der Waals surface area (Å²) in [5.41, 5.74) is 1.05. The van der Waals surface area contributed by atoms with Crippen molar-refractivity contribution >= 4 is 10.0 Å². The molecule has 0 unspecified atom stereocenters. The molecule has 0 bridgehead atoms. The van der Waals surface area contributed by atoms with Gasteiger partial charge in [0.1, 0.15) is 4.90 Å². The molecule has 1 aromatic rings. The molecule has 7 heteroatoms. The van der Waals surface area contributed by atoms with Crippen molar-refractivity contribution in [2.75, 3.05) is 6.61 Å². The van der Waals surface area contributed by atoms with Gasteiger partial charge in [-0.3, -0.25) is 4.68 Å². The molecule has 17 heavy (non-hydrogen) atoms. The van der Waals surface area contributed by atoms with Crippen molar-refractivity contribution in [1.29, 1.82) is 0 Å². The van der Waals surface area contributed by atoms with E-state index in [2.05, 4.69) is 9.82 Å². The zero-order valence-corrected chi connectivity index (χ0v) is 10.8. The molecule has 0 spiro atoms. The van der Waals surface area contributed by atoms with Crippen LogP contribution < -0.4 is 4.72 Å². The molecule has 96 valence electrons. The normalized spacial score (nSPS) is 16.4. The summed E-state index contributed by atoms with van der Waals surface area (Å²) < 4.78 is 28.4. The van der Waals surface area contributed by atoms with Gasteiger partial charge in [0, 0.05) is 6.04 Å². The Morgan fingerprint density at radius 3 is 2.65 bits per heavy atom. The number of aliphatic hydroxyl groups is 1. The van der Waals surface area contributed by atoms with Crippen LogP contribution >= 0.6 is 0 Å². The van der Waals surface area contributed by atoms with E-state index in [-0.39, 0.29) is 17.5 Å². The van der Waals surface area contributed by atoms with Crippen molar-refractivity contribution in [3.8, 4) is 0 Å². The number of sulfonamides is 1. The number of nitrogens with one attached hydrogen (secondary N) is 1. The van der Waals surface area contributed by atoms with E-state index < -0.39 is 10.0 Å². The summed E-state index contributed by atoms with van der Waals surface area (Å²) >= 11 is 0. The second-order valence-corrected chi connectivity index (χ2v) is 5.99. The topological polar surface area (TPSA) is 84.2 Å². The van der Waals surface area contributed by atoms with Crippen LogP contribution in [-0.2, 0) is 16.6 Å². The molecule has 2 N–H and O–H groups in total. The van der Waals surface area contributed by atoms with Gasteiger partial charge in [0.25, 0.3) is 0 Å². The Hall–Kier alpha value is -0.920. The van der Waals surface area contributed by atoms with Crippen molar-refractivity contribution in [3.05, 3.63) is 11.4 Å². The second-order valence-electron chi connectivity index (χ2n) is 4.34. The van der Waals surface area contributed by atoms with E-state index in [4.69, 9.17) is 5.11 Å². The van der Waals surface area contributed by atoms with E-state index in [1.165, 1.54) is 4.68 Å². The first kappa shape index (κ1) is 12.5. The molecule has 1 aliphatic rings. The molecule has 0 aliphatic heterocycles. The zero-order chi connectivity index (χ0) is 12.6. The number of rotatable bonds is 5. The van der Waals surface area contributed by atoms with Gasteiger partial charge in [0.2, 0.25) is 10.0 Å². The van der Waals surface area contributed by atoms with E-state index in [0.29, 0.717) is 17.9 Å². The van der Waals surface area contributed by atoms with Gasteiger partial charge < -0.3 is 5.11 Å². The summed E-state index contributed by atoms with van der Waals surface area (Å²) in [6.07, 6.45) is 1.81. The lowest BCUT2D eigenvalue weighted by Gasteiger charge is -2.06. The fourth-order valence-corrected chi connectivity index (χ4v) is 3.58. The van der Waals surface area contributed by atoms with Gasteiger partial charge in [0.15, 0.2) is 0 Å². The third-order valence-electron chi connectivity index (χ3n) is 2.79. The number of aromatic nitrogens is 2. The summed E-state index contributed by atoms with van der Waals surface area (Å²) in [5, 5.41) is 13.0. The summed E-state index contributed by atoms with van der Waals surface area (Å²) in [7, 11) is -3.47. The number of aliphatic hydroxyl groups excluding tert-OH is 1. The molecule has 1 aliphatic carbocycles. The van der Waals surface area contributed by atoms with Crippen LogP contribution in [0.5, 0.6) is 0 Å². The van der Waals surface area contributed by atoms with E-state index in [1.54, 1.807) is 13.8 Å². The Labute approximate surface area is 101 Å². The van der Waals surface area contributed by atoms with Crippen molar-refractivity contribution in [1.82, 2.24) is 14.5 Å². The first-order valence-electron chi connectivity index (χ1n) is 5.63. The van der Waals surface area contributed by atoms with Gasteiger partial charge in [0.05, 0.1) is 24.5 Å². The number of nitrogens with zero attached hydrogens (tertiary/aromatic N) is 2. The van der Waals surface area contributed by atoms with Crippen LogP contribution in [0.1, 0.15) is 24.2 Å². The van der Waals surface area contributed by atoms with Crippen LogP contribution in [-0.4, -0.2) is 36.0 Å². The van der Waals surface area contributed by atoms with Crippen molar-refractivity contribution < 1.29 is 13.5 Å². The lowest BCUT2D eigenvalue weighted by Crippen LogP contribution is -2.26. The smallest absolute Gasteiger partial charge is 0.244 e. The SMILES string of the molecule is Cc1nn(CCO)c(C)c1S(=O)(=O)NC1CC1. The fraction of sp³-hybridized carbons (Fsp3) is 0.700. The van der Waals surface area contributed by atoms with E-state index >= 15 is 0 Å². The molecular weight excluding hydrogens is 242 g/mol. The van der Waals surface area contributed by atoms with Crippen LogP contribution in [0.15, 0.2) is 4.90 Å². The Morgan fingerprint density at radius 1 is 1.47 bits per heavy atom. The maximum absolute atomic E-state index is 12.1. The van der Waals surface area contributed by atoms with Crippen LogP contribution in [0, 0.1) is 13.8 Å². The minimum atomic E-state index is -3.47. The largest absolute Gasteiger partial charge is 0.394 e. The van der Waals surface area contributed by atoms with Gasteiger partial charge in [-0.25, -0.2) is 13.1 Å². The molecule has 0 atom stereocenters. The minimum Gasteiger partial charge on any atom is -0.394 e. The van der Waals surface area contributed by atoms with Crippen LogP contribution in [0.25, 0.3) is 0 Å². The number of hydrogen-bond acceptors (Lipinski definition) is 4. The molecular formula is C10H17N3O3S. The van der Waals surface area contributed by atoms with Crippen LogP contribution in [0.3, 0.4) is 0 Å². The maximum atomic E-state index is 12.1. The Bertz CT molecular complexity index is 517. The third-order valence-corrected chi connectivity index (χ3v) is 4.57. The molecule has 1 heterocycles. The van der Waals surface area contributed by atoms with Crippen LogP contribution in [0.4, 0.5) is 0 Å². The molecule has 1 saturated carbocycles. The molecule has 1 fully saturated rings. The molecule has 0 radical (unpaired) electrons. The highest BCUT2D eigenvalue weighted by Gasteiger charge is 2.31. The lowest BCUT2D eigenvalue weighted by molar-refractivity contribution is 0.267. The van der Waals surface area contributed by atoms with Crippen LogP contribution in [0.2, 0.25) is 0 Å². The Morgan fingerprint density at radius 2 is 2.12 bits per heavy atom. The quantitative estimate of drug-likeness (QED) is 0.775. The van der Waals surface area contributed by atoms with Gasteiger partial charge in [-0.2, -0.15) is 5.10 Å². The predicted octanol–water partition coefficient (Wildman–Crippen LogP) is -0.0671. The first-order chi connectivity index (χ1) is 7.95. The van der Waals surface area contributed by atoms with E-state index in [9.17, 15) is 8.42 Å². The molecule has 0 aromatic carbocycles. The standard InChI is InChI=1S/C10H17N3O3S/c1-7-10(8(2)13(11-7)5-6-14)17(15,16)12-9-3-4-9/h9,12,14H,3-6H2,1-2H3. The zero-order valence-electron chi connectivity index (χ0n) is 9.97. The lowest BCUT2D eigenvalue weighted by atomic mass is 10.4. The highest BCUT2D eigenvalue weighted by atomic mass is 32.2. The molecule has 0 saturated heterocycles. The highest BCUT2D eigenvalue weighted by Crippen LogP contribution is 2.25. The average molecular weight is 259 g/mol. The van der Waals surface area contributed by atoms with Crippen molar-refractivity contribution in [2.24, 2.45) is 0 Å². The average Bonchev–Trinajstić information content (AvgIpc) is 2.94. The number of aryl methyl sites for hydroxylation is 1. The fourth-order valence-electron chi connectivity index (χ4n) is 1.86. The van der Waals surface area contributed by atoms with Gasteiger partial charge >= 0.3 is 0 Å². The Kier molecular flexibility index (Phi) is 3.24. The van der Waals surface area contributed by atoms with Gasteiger partial charge in [-0.05, 0) is 26.7 Å². The Balaban J connectivity index is 2.36. The van der Waals surface area contributed by atoms with Crippen molar-refractivity contribution in [3.63, 3.8) is 0 Å². The van der Waals surface area contributed by atoms with E-state index in [1.807, 2.05) is 0 Å². The minimum absolute atomic E-state index is 0.0580. The highest BCUT2D eigenvalue weighted by molar-refractivity contribution is 7.89. The monoisotopic (exact) mass is 259 g/mol. The second kappa shape index (κ2) is 4.40. The summed E-state index contributed by atoms with van der Waals surface area (Å²) in [5.74, 6) is 0. The number of hydrogen-bond donors (Lipinski definition) is 2. The summed E-state index contributed by atoms with van der Waals surface area (Å²) in [4.78, 5) is 0.248.